The molecule has 2 N–H and O–H groups in total. The van der Waals surface area contributed by atoms with Crippen LogP contribution in [0.1, 0.15) is 32.1 Å². The van der Waals surface area contributed by atoms with Crippen LogP contribution in [0.5, 0.6) is 0 Å². The quantitative estimate of drug-likeness (QED) is 0.893. The number of hydrogen-bond acceptors (Lipinski definition) is 2. The molecule has 3 heteroatoms. The molecular weight excluding hydrogens is 250 g/mol. The molecular formula is C14H18ClNS. The van der Waals surface area contributed by atoms with Gasteiger partial charge in [0.15, 0.2) is 0 Å². The van der Waals surface area contributed by atoms with Crippen molar-refractivity contribution in [2.75, 3.05) is 6.54 Å². The van der Waals surface area contributed by atoms with Gasteiger partial charge in [0.2, 0.25) is 0 Å². The average molecular weight is 268 g/mol. The minimum absolute atomic E-state index is 0.255. The SMILES string of the molecule is NCC1(Sc2ccccc2Cl)CC2(CCC2)C1. The Morgan fingerprint density at radius 3 is 2.47 bits per heavy atom. The van der Waals surface area contributed by atoms with Crippen molar-refractivity contribution in [1.29, 1.82) is 0 Å². The summed E-state index contributed by atoms with van der Waals surface area (Å²) in [5, 5.41) is 0.861. The molecule has 2 aliphatic carbocycles. The van der Waals surface area contributed by atoms with Crippen molar-refractivity contribution in [2.45, 2.75) is 41.7 Å². The number of benzene rings is 1. The number of halogens is 1. The molecule has 2 saturated carbocycles. The first-order valence-corrected chi connectivity index (χ1v) is 7.50. The van der Waals surface area contributed by atoms with Crippen molar-refractivity contribution in [1.82, 2.24) is 0 Å². The summed E-state index contributed by atoms with van der Waals surface area (Å²) in [6.45, 7) is 0.768. The van der Waals surface area contributed by atoms with Crippen molar-refractivity contribution < 1.29 is 0 Å². The molecule has 1 spiro atoms. The minimum atomic E-state index is 0.255. The van der Waals surface area contributed by atoms with Gasteiger partial charge in [0.1, 0.15) is 0 Å². The van der Waals surface area contributed by atoms with Crippen LogP contribution in [0, 0.1) is 5.41 Å². The molecule has 1 nitrogen and oxygen atoms in total. The van der Waals surface area contributed by atoms with E-state index in [9.17, 15) is 0 Å². The summed E-state index contributed by atoms with van der Waals surface area (Å²) in [6, 6.07) is 8.11. The van der Waals surface area contributed by atoms with E-state index in [-0.39, 0.29) is 4.75 Å². The van der Waals surface area contributed by atoms with Crippen molar-refractivity contribution in [2.24, 2.45) is 11.1 Å². The van der Waals surface area contributed by atoms with E-state index < -0.39 is 0 Å². The first-order chi connectivity index (χ1) is 8.17. The van der Waals surface area contributed by atoms with Gasteiger partial charge in [-0.2, -0.15) is 0 Å². The average Bonchev–Trinajstić information content (AvgIpc) is 2.23. The van der Waals surface area contributed by atoms with Crippen LogP contribution in [0.25, 0.3) is 0 Å². The van der Waals surface area contributed by atoms with Gasteiger partial charge < -0.3 is 5.73 Å². The summed E-state index contributed by atoms with van der Waals surface area (Å²) in [5.41, 5.74) is 6.66. The Morgan fingerprint density at radius 2 is 1.94 bits per heavy atom. The normalized spacial score (nSPS) is 24.1. The lowest BCUT2D eigenvalue weighted by molar-refractivity contribution is -0.00139. The molecule has 0 bridgehead atoms. The van der Waals surface area contributed by atoms with Gasteiger partial charge in [-0.15, -0.1) is 11.8 Å². The molecule has 2 aliphatic rings. The smallest absolute Gasteiger partial charge is 0.0542 e. The van der Waals surface area contributed by atoms with Crippen LogP contribution in [-0.4, -0.2) is 11.3 Å². The molecule has 0 radical (unpaired) electrons. The van der Waals surface area contributed by atoms with E-state index in [1.165, 1.54) is 37.0 Å². The molecule has 0 aliphatic heterocycles. The Labute approximate surface area is 112 Å². The van der Waals surface area contributed by atoms with E-state index in [1.54, 1.807) is 0 Å². The third-order valence-electron chi connectivity index (χ3n) is 4.34. The maximum absolute atomic E-state index is 6.23. The Morgan fingerprint density at radius 1 is 1.24 bits per heavy atom. The Kier molecular flexibility index (Phi) is 2.92. The number of nitrogens with two attached hydrogens (primary N) is 1. The van der Waals surface area contributed by atoms with E-state index >= 15 is 0 Å². The van der Waals surface area contributed by atoms with Crippen molar-refractivity contribution in [3.8, 4) is 0 Å². The second-order valence-corrected chi connectivity index (χ2v) is 7.54. The molecule has 1 aromatic rings. The highest BCUT2D eigenvalue weighted by molar-refractivity contribution is 8.00. The summed E-state index contributed by atoms with van der Waals surface area (Å²) in [6.07, 6.45) is 6.81. The molecule has 0 saturated heterocycles. The van der Waals surface area contributed by atoms with Crippen molar-refractivity contribution >= 4 is 23.4 Å². The van der Waals surface area contributed by atoms with Gasteiger partial charge in [0.05, 0.1) is 5.02 Å². The molecule has 0 unspecified atom stereocenters. The van der Waals surface area contributed by atoms with Gasteiger partial charge >= 0.3 is 0 Å². The zero-order valence-corrected chi connectivity index (χ0v) is 11.5. The number of thioether (sulfide) groups is 1. The maximum Gasteiger partial charge on any atom is 0.0542 e. The van der Waals surface area contributed by atoms with Crippen LogP contribution in [-0.2, 0) is 0 Å². The first kappa shape index (κ1) is 11.9. The molecule has 0 heterocycles. The standard InChI is InChI=1S/C14H18ClNS/c15-11-4-1-2-5-12(11)17-14(10-16)8-13(9-14)6-3-7-13/h1-2,4-5H,3,6-10,16H2. The first-order valence-electron chi connectivity index (χ1n) is 6.31. The van der Waals surface area contributed by atoms with Crippen molar-refractivity contribution in [3.05, 3.63) is 29.3 Å². The lowest BCUT2D eigenvalue weighted by Crippen LogP contribution is -2.56. The molecule has 0 atom stereocenters. The molecule has 17 heavy (non-hydrogen) atoms. The third-order valence-corrected chi connectivity index (χ3v) is 6.25. The fourth-order valence-electron chi connectivity index (χ4n) is 3.36. The molecule has 3 rings (SSSR count). The largest absolute Gasteiger partial charge is 0.329 e. The van der Waals surface area contributed by atoms with E-state index in [0.717, 1.165) is 11.6 Å². The van der Waals surface area contributed by atoms with Gasteiger partial charge in [-0.05, 0) is 43.2 Å². The second-order valence-electron chi connectivity index (χ2n) is 5.63. The van der Waals surface area contributed by atoms with Crippen LogP contribution in [0.4, 0.5) is 0 Å². The fourth-order valence-corrected chi connectivity index (χ4v) is 5.23. The molecule has 0 amide bonds. The summed E-state index contributed by atoms with van der Waals surface area (Å²) >= 11 is 8.12. The number of hydrogen-bond donors (Lipinski definition) is 1. The topological polar surface area (TPSA) is 26.0 Å². The Hall–Kier alpha value is -0.180. The minimum Gasteiger partial charge on any atom is -0.329 e. The fraction of sp³-hybridized carbons (Fsp3) is 0.571. The van der Waals surface area contributed by atoms with Gasteiger partial charge in [0.25, 0.3) is 0 Å². The summed E-state index contributed by atoms with van der Waals surface area (Å²) in [4.78, 5) is 1.19. The molecule has 0 aromatic heterocycles. The van der Waals surface area contributed by atoms with Crippen molar-refractivity contribution in [3.63, 3.8) is 0 Å². The van der Waals surface area contributed by atoms with E-state index in [0.29, 0.717) is 5.41 Å². The lowest BCUT2D eigenvalue weighted by Gasteiger charge is -2.60. The Balaban J connectivity index is 1.73. The van der Waals surface area contributed by atoms with E-state index in [1.807, 2.05) is 23.9 Å². The second kappa shape index (κ2) is 4.18. The lowest BCUT2D eigenvalue weighted by atomic mass is 9.51. The summed E-state index contributed by atoms with van der Waals surface area (Å²) in [5.74, 6) is 0. The summed E-state index contributed by atoms with van der Waals surface area (Å²) < 4.78 is 0.255. The van der Waals surface area contributed by atoms with E-state index in [2.05, 4.69) is 12.1 Å². The van der Waals surface area contributed by atoms with Crippen LogP contribution in [0.3, 0.4) is 0 Å². The van der Waals surface area contributed by atoms with Gasteiger partial charge in [-0.1, -0.05) is 30.2 Å². The van der Waals surface area contributed by atoms with Gasteiger partial charge in [0, 0.05) is 16.2 Å². The van der Waals surface area contributed by atoms with Gasteiger partial charge in [-0.3, -0.25) is 0 Å². The molecule has 2 fully saturated rings. The zero-order chi connectivity index (χ0) is 11.9. The summed E-state index contributed by atoms with van der Waals surface area (Å²) in [7, 11) is 0. The zero-order valence-electron chi connectivity index (χ0n) is 9.92. The third kappa shape index (κ3) is 2.00. The van der Waals surface area contributed by atoms with E-state index in [4.69, 9.17) is 17.3 Å². The highest BCUT2D eigenvalue weighted by atomic mass is 35.5. The van der Waals surface area contributed by atoms with Gasteiger partial charge in [-0.25, -0.2) is 0 Å². The Bertz CT molecular complexity index is 420. The van der Waals surface area contributed by atoms with Crippen LogP contribution in [0.2, 0.25) is 5.02 Å². The maximum atomic E-state index is 6.23. The molecule has 1 aromatic carbocycles. The number of rotatable bonds is 3. The van der Waals surface area contributed by atoms with Crippen LogP contribution in [0.15, 0.2) is 29.2 Å². The highest BCUT2D eigenvalue weighted by Crippen LogP contribution is 2.65. The predicted molar refractivity (Wildman–Crippen MR) is 74.6 cm³/mol. The van der Waals surface area contributed by atoms with Crippen LogP contribution >= 0.6 is 23.4 Å². The molecule has 92 valence electrons. The predicted octanol–water partition coefficient (Wildman–Crippen LogP) is 4.09. The van der Waals surface area contributed by atoms with Crippen LogP contribution < -0.4 is 5.73 Å². The monoisotopic (exact) mass is 267 g/mol. The highest BCUT2D eigenvalue weighted by Gasteiger charge is 2.56.